The first kappa shape index (κ1) is 15.0. The number of rotatable bonds is 3. The highest BCUT2D eigenvalue weighted by Crippen LogP contribution is 2.29. The van der Waals surface area contributed by atoms with E-state index in [2.05, 4.69) is 4.74 Å². The van der Waals surface area contributed by atoms with Gasteiger partial charge in [-0.3, -0.25) is 9.59 Å². The summed E-state index contributed by atoms with van der Waals surface area (Å²) in [5, 5.41) is 0. The van der Waals surface area contributed by atoms with Gasteiger partial charge in [-0.25, -0.2) is 9.69 Å². The average molecular weight is 330 g/mol. The summed E-state index contributed by atoms with van der Waals surface area (Å²) < 4.78 is 10.5. The normalized spacial score (nSPS) is 23.4. The fourth-order valence-electron chi connectivity index (χ4n) is 3.38. The monoisotopic (exact) mass is 330 g/mol. The van der Waals surface area contributed by atoms with E-state index in [1.807, 2.05) is 24.3 Å². The number of nitrogens with zero attached hydrogens (tertiary/aromatic N) is 2. The lowest BCUT2D eigenvalue weighted by Crippen LogP contribution is -2.57. The standard InChI is InChI=1S/C17H18N2O5/c20-15-10-23-17(22)19(15)9-11-7-18(8-11)16(21)14-6-5-12-3-1-2-4-13(12)24-14/h1-4,11,14H,5-10H2. The van der Waals surface area contributed by atoms with Crippen LogP contribution in [0, 0.1) is 5.92 Å². The molecule has 2 fully saturated rings. The van der Waals surface area contributed by atoms with Crippen molar-refractivity contribution in [2.75, 3.05) is 26.2 Å². The molecule has 24 heavy (non-hydrogen) atoms. The molecular weight excluding hydrogens is 312 g/mol. The van der Waals surface area contributed by atoms with Gasteiger partial charge in [-0.2, -0.15) is 0 Å². The van der Waals surface area contributed by atoms with E-state index in [-0.39, 0.29) is 24.3 Å². The number of hydrogen-bond donors (Lipinski definition) is 0. The number of imide groups is 1. The Balaban J connectivity index is 1.30. The van der Waals surface area contributed by atoms with E-state index in [4.69, 9.17) is 4.74 Å². The number of amides is 3. The first-order valence-corrected chi connectivity index (χ1v) is 8.12. The van der Waals surface area contributed by atoms with Crippen LogP contribution in [0.5, 0.6) is 5.75 Å². The van der Waals surface area contributed by atoms with Gasteiger partial charge in [0.1, 0.15) is 5.75 Å². The van der Waals surface area contributed by atoms with Crippen LogP contribution in [0.15, 0.2) is 24.3 Å². The van der Waals surface area contributed by atoms with Crippen LogP contribution in [-0.2, 0) is 20.7 Å². The van der Waals surface area contributed by atoms with Crippen LogP contribution >= 0.6 is 0 Å². The summed E-state index contributed by atoms with van der Waals surface area (Å²) in [6, 6.07) is 7.77. The minimum Gasteiger partial charge on any atom is -0.480 e. The van der Waals surface area contributed by atoms with Crippen LogP contribution < -0.4 is 4.74 Å². The fourth-order valence-corrected chi connectivity index (χ4v) is 3.38. The first-order chi connectivity index (χ1) is 11.6. The largest absolute Gasteiger partial charge is 0.480 e. The molecule has 7 heteroatoms. The fraction of sp³-hybridized carbons (Fsp3) is 0.471. The van der Waals surface area contributed by atoms with E-state index in [9.17, 15) is 14.4 Å². The molecule has 0 aromatic heterocycles. The van der Waals surface area contributed by atoms with Gasteiger partial charge >= 0.3 is 6.09 Å². The van der Waals surface area contributed by atoms with Crippen molar-refractivity contribution in [3.63, 3.8) is 0 Å². The molecule has 7 nitrogen and oxygen atoms in total. The lowest BCUT2D eigenvalue weighted by molar-refractivity contribution is -0.146. The molecule has 0 N–H and O–H groups in total. The second-order valence-corrected chi connectivity index (χ2v) is 6.42. The molecule has 3 aliphatic heterocycles. The van der Waals surface area contributed by atoms with E-state index in [0.717, 1.165) is 22.6 Å². The Morgan fingerprint density at radius 2 is 2.00 bits per heavy atom. The number of cyclic esters (lactones) is 1. The Bertz CT molecular complexity index is 682. The number of hydrogen-bond acceptors (Lipinski definition) is 5. The summed E-state index contributed by atoms with van der Waals surface area (Å²) >= 11 is 0. The van der Waals surface area contributed by atoms with Crippen molar-refractivity contribution in [2.24, 2.45) is 5.92 Å². The third-order valence-electron chi connectivity index (χ3n) is 4.74. The minimum absolute atomic E-state index is 0.0175. The predicted octanol–water partition coefficient (Wildman–Crippen LogP) is 0.817. The summed E-state index contributed by atoms with van der Waals surface area (Å²) in [6.45, 7) is 1.22. The van der Waals surface area contributed by atoms with Gasteiger partial charge in [0.05, 0.1) is 0 Å². The molecule has 0 aliphatic carbocycles. The lowest BCUT2D eigenvalue weighted by Gasteiger charge is -2.42. The van der Waals surface area contributed by atoms with Crippen molar-refractivity contribution >= 4 is 17.9 Å². The SMILES string of the molecule is O=C(C1CCc2ccccc2O1)N1CC(CN2C(=O)COC2=O)C1. The number of benzene rings is 1. The topological polar surface area (TPSA) is 76.2 Å². The molecule has 3 heterocycles. The van der Waals surface area contributed by atoms with Crippen molar-refractivity contribution in [2.45, 2.75) is 18.9 Å². The molecule has 1 aromatic carbocycles. The van der Waals surface area contributed by atoms with Crippen LogP contribution in [0.1, 0.15) is 12.0 Å². The van der Waals surface area contributed by atoms with Gasteiger partial charge in [0.25, 0.3) is 11.8 Å². The average Bonchev–Trinajstić information content (AvgIpc) is 2.88. The lowest BCUT2D eigenvalue weighted by atomic mass is 9.96. The summed E-state index contributed by atoms with van der Waals surface area (Å²) in [6.07, 6.45) is 0.475. The van der Waals surface area contributed by atoms with Gasteiger partial charge in [0.15, 0.2) is 12.7 Å². The van der Waals surface area contributed by atoms with Crippen LogP contribution in [0.3, 0.4) is 0 Å². The number of para-hydroxylation sites is 1. The highest BCUT2D eigenvalue weighted by Gasteiger charge is 2.40. The zero-order valence-corrected chi connectivity index (χ0v) is 13.1. The Kier molecular flexibility index (Phi) is 3.63. The second kappa shape index (κ2) is 5.81. The summed E-state index contributed by atoms with van der Waals surface area (Å²) in [5.74, 6) is 0.567. The van der Waals surface area contributed by atoms with Gasteiger partial charge < -0.3 is 14.4 Å². The molecule has 0 spiro atoms. The maximum absolute atomic E-state index is 12.5. The molecule has 0 bridgehead atoms. The molecule has 4 rings (SSSR count). The van der Waals surface area contributed by atoms with E-state index in [1.165, 1.54) is 0 Å². The Morgan fingerprint density at radius 1 is 1.21 bits per heavy atom. The second-order valence-electron chi connectivity index (χ2n) is 6.42. The molecule has 126 valence electrons. The van der Waals surface area contributed by atoms with Crippen molar-refractivity contribution in [3.8, 4) is 5.75 Å². The van der Waals surface area contributed by atoms with Crippen molar-refractivity contribution in [1.82, 2.24) is 9.80 Å². The summed E-state index contributed by atoms with van der Waals surface area (Å²) in [7, 11) is 0. The van der Waals surface area contributed by atoms with E-state index < -0.39 is 12.2 Å². The maximum Gasteiger partial charge on any atom is 0.417 e. The number of fused-ring (bicyclic) bond motifs is 1. The summed E-state index contributed by atoms with van der Waals surface area (Å²) in [4.78, 5) is 38.3. The quantitative estimate of drug-likeness (QED) is 0.820. The maximum atomic E-state index is 12.5. The highest BCUT2D eigenvalue weighted by atomic mass is 16.6. The molecule has 2 saturated heterocycles. The van der Waals surface area contributed by atoms with Crippen molar-refractivity contribution < 1.29 is 23.9 Å². The molecule has 0 saturated carbocycles. The molecule has 1 unspecified atom stereocenters. The van der Waals surface area contributed by atoms with E-state index in [0.29, 0.717) is 26.1 Å². The number of ether oxygens (including phenoxy) is 2. The van der Waals surface area contributed by atoms with Gasteiger partial charge in [0, 0.05) is 25.6 Å². The number of likely N-dealkylation sites (tertiary alicyclic amines) is 1. The van der Waals surface area contributed by atoms with Gasteiger partial charge in [-0.05, 0) is 24.5 Å². The van der Waals surface area contributed by atoms with Crippen molar-refractivity contribution in [3.05, 3.63) is 29.8 Å². The zero-order valence-electron chi connectivity index (χ0n) is 13.1. The van der Waals surface area contributed by atoms with Crippen LogP contribution in [-0.4, -0.2) is 60.1 Å². The third-order valence-corrected chi connectivity index (χ3v) is 4.74. The molecule has 3 amide bonds. The van der Waals surface area contributed by atoms with Crippen LogP contribution in [0.4, 0.5) is 4.79 Å². The zero-order chi connectivity index (χ0) is 16.7. The molecule has 3 aliphatic rings. The summed E-state index contributed by atoms with van der Waals surface area (Å²) in [5.41, 5.74) is 1.13. The van der Waals surface area contributed by atoms with Crippen LogP contribution in [0.2, 0.25) is 0 Å². The first-order valence-electron chi connectivity index (χ1n) is 8.12. The Hall–Kier alpha value is -2.57. The number of aryl methyl sites for hydroxylation is 1. The number of carbonyl (C=O) groups is 3. The van der Waals surface area contributed by atoms with Crippen LogP contribution in [0.25, 0.3) is 0 Å². The van der Waals surface area contributed by atoms with E-state index >= 15 is 0 Å². The van der Waals surface area contributed by atoms with Gasteiger partial charge in [0.2, 0.25) is 0 Å². The van der Waals surface area contributed by atoms with Gasteiger partial charge in [-0.15, -0.1) is 0 Å². The highest BCUT2D eigenvalue weighted by molar-refractivity contribution is 5.97. The minimum atomic E-state index is -0.586. The molecule has 1 atom stereocenters. The van der Waals surface area contributed by atoms with Crippen molar-refractivity contribution in [1.29, 1.82) is 0 Å². The molecule has 1 aromatic rings. The van der Waals surface area contributed by atoms with E-state index in [1.54, 1.807) is 4.90 Å². The Morgan fingerprint density at radius 3 is 2.75 bits per heavy atom. The van der Waals surface area contributed by atoms with Gasteiger partial charge in [-0.1, -0.05) is 18.2 Å². The third kappa shape index (κ3) is 2.60. The molecule has 0 radical (unpaired) electrons. The number of carbonyl (C=O) groups excluding carboxylic acids is 3. The smallest absolute Gasteiger partial charge is 0.417 e. The molecular formula is C17H18N2O5. The predicted molar refractivity (Wildman–Crippen MR) is 82.3 cm³/mol. The Labute approximate surface area is 139 Å².